The van der Waals surface area contributed by atoms with Gasteiger partial charge in [0.2, 0.25) is 0 Å². The van der Waals surface area contributed by atoms with Crippen LogP contribution < -0.4 is 0 Å². The molecule has 1 atom stereocenters. The SMILES string of the molecule is C=[C](C(CCCC)C(=O)C=CC)[Sn]([CH3])([CH3])[CH3]. The first kappa shape index (κ1) is 15.9. The van der Waals surface area contributed by atoms with Crippen LogP contribution in [0.15, 0.2) is 22.3 Å². The Kier molecular flexibility index (Phi) is 7.29. The quantitative estimate of drug-likeness (QED) is 0.501. The fourth-order valence-electron chi connectivity index (χ4n) is 1.70. The summed E-state index contributed by atoms with van der Waals surface area (Å²) in [5.41, 5.74) is 0. The monoisotopic (exact) mass is 330 g/mol. The second kappa shape index (κ2) is 7.31. The van der Waals surface area contributed by atoms with Gasteiger partial charge in [-0.05, 0) is 0 Å². The van der Waals surface area contributed by atoms with E-state index in [9.17, 15) is 4.79 Å². The van der Waals surface area contributed by atoms with E-state index in [0.717, 1.165) is 19.3 Å². The molecule has 1 unspecified atom stereocenters. The van der Waals surface area contributed by atoms with E-state index in [1.807, 2.05) is 13.0 Å². The molecule has 0 saturated heterocycles. The molecule has 0 aliphatic heterocycles. The zero-order chi connectivity index (χ0) is 12.8. The van der Waals surface area contributed by atoms with E-state index >= 15 is 0 Å². The van der Waals surface area contributed by atoms with Gasteiger partial charge in [0.1, 0.15) is 0 Å². The molecule has 92 valence electrons. The van der Waals surface area contributed by atoms with Gasteiger partial charge in [-0.3, -0.25) is 0 Å². The molecule has 0 N–H and O–H groups in total. The Morgan fingerprint density at radius 1 is 1.38 bits per heavy atom. The van der Waals surface area contributed by atoms with Crippen molar-refractivity contribution in [2.45, 2.75) is 47.9 Å². The summed E-state index contributed by atoms with van der Waals surface area (Å²) in [5.74, 6) is 0.347. The van der Waals surface area contributed by atoms with Crippen LogP contribution >= 0.6 is 0 Å². The van der Waals surface area contributed by atoms with Crippen molar-refractivity contribution in [3.8, 4) is 0 Å². The van der Waals surface area contributed by atoms with Gasteiger partial charge in [0, 0.05) is 0 Å². The standard InChI is InChI=1S/C11H17O.3CH3.Sn/c1-4-7-9-10(6-3)11(12)8-5-2;;;;/h5,8,10H,3-4,7,9H2,1-2H3;3*1H3;. The number of unbranched alkanes of at least 4 members (excludes halogenated alkanes) is 1. The van der Waals surface area contributed by atoms with Gasteiger partial charge < -0.3 is 0 Å². The molecule has 0 saturated carbocycles. The van der Waals surface area contributed by atoms with Crippen LogP contribution in [0.25, 0.3) is 0 Å². The van der Waals surface area contributed by atoms with Crippen molar-refractivity contribution < 1.29 is 4.79 Å². The Balaban J connectivity index is 4.80. The molecule has 0 aromatic rings. The number of hydrogen-bond donors (Lipinski definition) is 0. The Hall–Kier alpha value is -0.0513. The molecule has 0 aliphatic rings. The molecule has 0 bridgehead atoms. The van der Waals surface area contributed by atoms with Crippen LogP contribution in [0.3, 0.4) is 0 Å². The van der Waals surface area contributed by atoms with Crippen molar-refractivity contribution in [2.75, 3.05) is 0 Å². The predicted molar refractivity (Wildman–Crippen MR) is 75.3 cm³/mol. The summed E-state index contributed by atoms with van der Waals surface area (Å²) in [5, 5.41) is 0. The average Bonchev–Trinajstić information content (AvgIpc) is 2.17. The second-order valence-corrected chi connectivity index (χ2v) is 20.0. The molecule has 0 fully saturated rings. The fourth-order valence-corrected chi connectivity index (χ4v) is 5.50. The summed E-state index contributed by atoms with van der Waals surface area (Å²) in [6.45, 7) is 8.29. The molecule has 0 aromatic carbocycles. The van der Waals surface area contributed by atoms with E-state index in [0.29, 0.717) is 0 Å². The zero-order valence-corrected chi connectivity index (χ0v) is 14.3. The maximum absolute atomic E-state index is 12.0. The molecule has 0 radical (unpaired) electrons. The van der Waals surface area contributed by atoms with Crippen molar-refractivity contribution in [1.82, 2.24) is 0 Å². The molecular formula is C14H26OSn. The van der Waals surface area contributed by atoms with E-state index < -0.39 is 18.4 Å². The van der Waals surface area contributed by atoms with Gasteiger partial charge in [-0.25, -0.2) is 0 Å². The summed E-state index contributed by atoms with van der Waals surface area (Å²) >= 11 is -2.14. The van der Waals surface area contributed by atoms with Crippen molar-refractivity contribution >= 4 is 24.2 Å². The molecule has 2 heteroatoms. The maximum atomic E-state index is 12.0. The summed E-state index contributed by atoms with van der Waals surface area (Å²) in [7, 11) is 0. The van der Waals surface area contributed by atoms with Crippen LogP contribution in [0.2, 0.25) is 14.8 Å². The third-order valence-electron chi connectivity index (χ3n) is 2.90. The molecule has 0 amide bonds. The van der Waals surface area contributed by atoms with E-state index in [4.69, 9.17) is 0 Å². The van der Waals surface area contributed by atoms with Gasteiger partial charge in [-0.2, -0.15) is 0 Å². The summed E-state index contributed by atoms with van der Waals surface area (Å²) < 4.78 is 1.27. The van der Waals surface area contributed by atoms with E-state index in [-0.39, 0.29) is 11.7 Å². The number of carbonyl (C=O) groups is 1. The minimum atomic E-state index is -2.14. The summed E-state index contributed by atoms with van der Waals surface area (Å²) in [6.07, 6.45) is 6.80. The van der Waals surface area contributed by atoms with E-state index in [1.54, 1.807) is 6.08 Å². The Bertz CT molecular complexity index is 271. The third-order valence-corrected chi connectivity index (χ3v) is 9.40. The Labute approximate surface area is 105 Å². The topological polar surface area (TPSA) is 17.1 Å². The van der Waals surface area contributed by atoms with Crippen molar-refractivity contribution in [1.29, 1.82) is 0 Å². The molecule has 0 rings (SSSR count). The van der Waals surface area contributed by atoms with E-state index in [2.05, 4.69) is 28.3 Å². The summed E-state index contributed by atoms with van der Waals surface area (Å²) in [4.78, 5) is 19.0. The molecule has 0 heterocycles. The van der Waals surface area contributed by atoms with Gasteiger partial charge in [-0.15, -0.1) is 0 Å². The molecule has 0 aliphatic carbocycles. The van der Waals surface area contributed by atoms with Crippen molar-refractivity contribution in [2.24, 2.45) is 5.92 Å². The first-order valence-electron chi connectivity index (χ1n) is 6.20. The number of ketones is 1. The number of allylic oxidation sites excluding steroid dienone is 3. The van der Waals surface area contributed by atoms with E-state index in [1.165, 1.54) is 3.59 Å². The molecule has 16 heavy (non-hydrogen) atoms. The molecule has 0 spiro atoms. The van der Waals surface area contributed by atoms with Crippen LogP contribution in [0.1, 0.15) is 33.1 Å². The normalized spacial score (nSPS) is 14.1. The molecule has 0 aromatic heterocycles. The third kappa shape index (κ3) is 5.33. The van der Waals surface area contributed by atoms with Gasteiger partial charge in [-0.1, -0.05) is 0 Å². The Morgan fingerprint density at radius 3 is 2.31 bits per heavy atom. The summed E-state index contributed by atoms with van der Waals surface area (Å²) in [6, 6.07) is 0. The second-order valence-electron chi connectivity index (χ2n) is 5.37. The van der Waals surface area contributed by atoms with Crippen LogP contribution in [-0.2, 0) is 4.79 Å². The Morgan fingerprint density at radius 2 is 1.94 bits per heavy atom. The van der Waals surface area contributed by atoms with Crippen LogP contribution in [-0.4, -0.2) is 24.2 Å². The minimum absolute atomic E-state index is 0.0898. The van der Waals surface area contributed by atoms with Crippen molar-refractivity contribution in [3.05, 3.63) is 22.3 Å². The molecular weight excluding hydrogens is 303 g/mol. The first-order chi connectivity index (χ1) is 7.34. The molecule has 1 nitrogen and oxygen atoms in total. The van der Waals surface area contributed by atoms with Gasteiger partial charge in [0.15, 0.2) is 0 Å². The number of hydrogen-bond acceptors (Lipinski definition) is 1. The zero-order valence-electron chi connectivity index (χ0n) is 11.5. The predicted octanol–water partition coefficient (Wildman–Crippen LogP) is 4.37. The fraction of sp³-hybridized carbons (Fsp3) is 0.643. The number of rotatable bonds is 7. The van der Waals surface area contributed by atoms with Gasteiger partial charge >= 0.3 is 105 Å². The van der Waals surface area contributed by atoms with Crippen molar-refractivity contribution in [3.63, 3.8) is 0 Å². The van der Waals surface area contributed by atoms with Crippen LogP contribution in [0.4, 0.5) is 0 Å². The van der Waals surface area contributed by atoms with Crippen LogP contribution in [0, 0.1) is 5.92 Å². The first-order valence-corrected chi connectivity index (χ1v) is 16.2. The average molecular weight is 329 g/mol. The van der Waals surface area contributed by atoms with Gasteiger partial charge in [0.25, 0.3) is 0 Å². The number of carbonyl (C=O) groups excluding carboxylic acids is 1. The van der Waals surface area contributed by atoms with Gasteiger partial charge in [0.05, 0.1) is 0 Å². The van der Waals surface area contributed by atoms with Crippen LogP contribution in [0.5, 0.6) is 0 Å².